The number of nitrogens with two attached hydrogens (primary N) is 1. The number of primary amides is 1. The van der Waals surface area contributed by atoms with Crippen molar-refractivity contribution in [3.8, 4) is 0 Å². The van der Waals surface area contributed by atoms with Crippen LogP contribution in [0.2, 0.25) is 0 Å². The zero-order valence-electron chi connectivity index (χ0n) is 8.35. The minimum atomic E-state index is -0.364. The van der Waals surface area contributed by atoms with E-state index in [0.29, 0.717) is 6.04 Å². The monoisotopic (exact) mass is 198 g/mol. The fourth-order valence-corrected chi connectivity index (χ4v) is 2.38. The van der Waals surface area contributed by atoms with Crippen LogP contribution < -0.4 is 5.73 Å². The molecule has 2 amide bonds. The number of nitrogens with zero attached hydrogens (tertiary/aromatic N) is 1. The van der Waals surface area contributed by atoms with Crippen molar-refractivity contribution in [2.75, 3.05) is 0 Å². The van der Waals surface area contributed by atoms with Crippen LogP contribution in [0, 0.1) is 0 Å². The third-order valence-corrected chi connectivity index (χ3v) is 3.25. The minimum Gasteiger partial charge on any atom is -0.391 e. The Hall–Kier alpha value is -0.770. The quantitative estimate of drug-likeness (QED) is 0.690. The van der Waals surface area contributed by atoms with E-state index in [4.69, 9.17) is 5.73 Å². The van der Waals surface area contributed by atoms with Gasteiger partial charge in [0.05, 0.1) is 12.1 Å². The lowest BCUT2D eigenvalue weighted by molar-refractivity contribution is 0.0354. The average Bonchev–Trinajstić information content (AvgIpc) is 2.92. The largest absolute Gasteiger partial charge is 0.391 e. The lowest BCUT2D eigenvalue weighted by atomic mass is 9.91. The van der Waals surface area contributed by atoms with Crippen molar-refractivity contribution < 1.29 is 9.90 Å². The number of aliphatic hydroxyl groups excluding tert-OH is 1. The van der Waals surface area contributed by atoms with Crippen LogP contribution in [-0.2, 0) is 0 Å². The third-order valence-electron chi connectivity index (χ3n) is 3.25. The lowest BCUT2D eigenvalue weighted by Crippen LogP contribution is -2.51. The van der Waals surface area contributed by atoms with Gasteiger partial charge in [-0.3, -0.25) is 0 Å². The molecule has 0 aromatic heterocycles. The van der Waals surface area contributed by atoms with E-state index in [1.54, 1.807) is 4.90 Å². The minimum absolute atomic E-state index is 0.0197. The number of carbonyl (C=O) groups excluding carboxylic acids is 1. The maximum Gasteiger partial charge on any atom is 0.315 e. The summed E-state index contributed by atoms with van der Waals surface area (Å²) in [6.45, 7) is 0. The first-order chi connectivity index (χ1) is 6.70. The summed E-state index contributed by atoms with van der Waals surface area (Å²) in [5.74, 6) is 0. The van der Waals surface area contributed by atoms with Gasteiger partial charge >= 0.3 is 6.03 Å². The highest BCUT2D eigenvalue weighted by Crippen LogP contribution is 2.33. The van der Waals surface area contributed by atoms with E-state index < -0.39 is 0 Å². The summed E-state index contributed by atoms with van der Waals surface area (Å²) < 4.78 is 0. The van der Waals surface area contributed by atoms with Crippen molar-refractivity contribution in [2.45, 2.75) is 56.7 Å². The van der Waals surface area contributed by atoms with Gasteiger partial charge in [0.1, 0.15) is 0 Å². The fraction of sp³-hybridized carbons (Fsp3) is 0.900. The summed E-state index contributed by atoms with van der Waals surface area (Å²) in [5.41, 5.74) is 5.35. The molecule has 2 unspecified atom stereocenters. The van der Waals surface area contributed by atoms with Crippen molar-refractivity contribution in [2.24, 2.45) is 5.73 Å². The number of amides is 2. The Morgan fingerprint density at radius 1 is 1.21 bits per heavy atom. The molecule has 0 bridgehead atoms. The van der Waals surface area contributed by atoms with Crippen molar-refractivity contribution in [3.63, 3.8) is 0 Å². The molecule has 4 heteroatoms. The van der Waals surface area contributed by atoms with Crippen molar-refractivity contribution in [1.29, 1.82) is 0 Å². The summed E-state index contributed by atoms with van der Waals surface area (Å²) in [6, 6.07) is -0.0718. The number of carbonyl (C=O) groups is 1. The van der Waals surface area contributed by atoms with E-state index in [0.717, 1.165) is 38.5 Å². The third kappa shape index (κ3) is 1.85. The number of hydrogen-bond acceptors (Lipinski definition) is 2. The van der Waals surface area contributed by atoms with Gasteiger partial charge in [-0.25, -0.2) is 4.79 Å². The molecular formula is C10H18N2O2. The van der Waals surface area contributed by atoms with E-state index in [-0.39, 0.29) is 18.2 Å². The molecule has 0 radical (unpaired) electrons. The molecule has 0 aliphatic heterocycles. The number of hydrogen-bond donors (Lipinski definition) is 2. The predicted octanol–water partition coefficient (Wildman–Crippen LogP) is 0.833. The van der Waals surface area contributed by atoms with Gasteiger partial charge in [0, 0.05) is 6.04 Å². The molecule has 0 heterocycles. The topological polar surface area (TPSA) is 66.6 Å². The molecule has 0 spiro atoms. The van der Waals surface area contributed by atoms with Gasteiger partial charge in [-0.1, -0.05) is 12.8 Å². The Morgan fingerprint density at radius 2 is 1.86 bits per heavy atom. The first kappa shape index (κ1) is 9.77. The molecule has 2 fully saturated rings. The SMILES string of the molecule is NC(=O)N(C1CC1)C1CCCCC1O. The number of urea groups is 1. The van der Waals surface area contributed by atoms with Gasteiger partial charge in [-0.2, -0.15) is 0 Å². The molecule has 2 aliphatic rings. The lowest BCUT2D eigenvalue weighted by Gasteiger charge is -2.36. The van der Waals surface area contributed by atoms with Gasteiger partial charge in [0.25, 0.3) is 0 Å². The van der Waals surface area contributed by atoms with Crippen LogP contribution >= 0.6 is 0 Å². The summed E-state index contributed by atoms with van der Waals surface area (Å²) in [4.78, 5) is 13.0. The highest BCUT2D eigenvalue weighted by Gasteiger charge is 2.39. The van der Waals surface area contributed by atoms with Gasteiger partial charge in [0.15, 0.2) is 0 Å². The summed E-state index contributed by atoms with van der Waals surface area (Å²) in [7, 11) is 0. The first-order valence-corrected chi connectivity index (χ1v) is 5.46. The smallest absolute Gasteiger partial charge is 0.315 e. The van der Waals surface area contributed by atoms with Crippen LogP contribution in [0.4, 0.5) is 4.79 Å². The molecule has 0 saturated heterocycles. The maximum atomic E-state index is 11.3. The van der Waals surface area contributed by atoms with E-state index in [1.807, 2.05) is 0 Å². The van der Waals surface area contributed by atoms with Crippen LogP contribution in [0.5, 0.6) is 0 Å². The van der Waals surface area contributed by atoms with Gasteiger partial charge in [-0.05, 0) is 25.7 Å². The highest BCUT2D eigenvalue weighted by molar-refractivity contribution is 5.73. The van der Waals surface area contributed by atoms with Crippen molar-refractivity contribution in [3.05, 3.63) is 0 Å². The average molecular weight is 198 g/mol. The van der Waals surface area contributed by atoms with Crippen LogP contribution in [0.1, 0.15) is 38.5 Å². The molecular weight excluding hydrogens is 180 g/mol. The molecule has 80 valence electrons. The molecule has 2 rings (SSSR count). The zero-order valence-corrected chi connectivity index (χ0v) is 8.35. The molecule has 2 saturated carbocycles. The Kier molecular flexibility index (Phi) is 2.63. The molecule has 2 atom stereocenters. The fourth-order valence-electron chi connectivity index (χ4n) is 2.38. The highest BCUT2D eigenvalue weighted by atomic mass is 16.3. The maximum absolute atomic E-state index is 11.3. The number of rotatable bonds is 2. The number of aliphatic hydroxyl groups is 1. The molecule has 0 aromatic rings. The zero-order chi connectivity index (χ0) is 10.1. The van der Waals surface area contributed by atoms with Crippen molar-refractivity contribution in [1.82, 2.24) is 4.90 Å². The van der Waals surface area contributed by atoms with E-state index in [9.17, 15) is 9.90 Å². The van der Waals surface area contributed by atoms with Gasteiger partial charge < -0.3 is 15.7 Å². The normalized spacial score (nSPS) is 32.6. The van der Waals surface area contributed by atoms with Crippen LogP contribution in [0.25, 0.3) is 0 Å². The van der Waals surface area contributed by atoms with E-state index in [2.05, 4.69) is 0 Å². The Balaban J connectivity index is 2.04. The van der Waals surface area contributed by atoms with E-state index >= 15 is 0 Å². The van der Waals surface area contributed by atoms with Crippen molar-refractivity contribution >= 4 is 6.03 Å². The molecule has 0 aromatic carbocycles. The van der Waals surface area contributed by atoms with Crippen LogP contribution in [-0.4, -0.2) is 34.2 Å². The molecule has 3 N–H and O–H groups in total. The molecule has 2 aliphatic carbocycles. The second kappa shape index (κ2) is 3.77. The Labute approximate surface area is 84.1 Å². The van der Waals surface area contributed by atoms with Gasteiger partial charge in [0.2, 0.25) is 0 Å². The van der Waals surface area contributed by atoms with Crippen LogP contribution in [0.3, 0.4) is 0 Å². The van der Waals surface area contributed by atoms with Crippen LogP contribution in [0.15, 0.2) is 0 Å². The predicted molar refractivity (Wildman–Crippen MR) is 52.7 cm³/mol. The van der Waals surface area contributed by atoms with Gasteiger partial charge in [-0.15, -0.1) is 0 Å². The first-order valence-electron chi connectivity index (χ1n) is 5.46. The standard InChI is InChI=1S/C10H18N2O2/c11-10(14)12(7-5-6-7)8-3-1-2-4-9(8)13/h7-9,13H,1-6H2,(H2,11,14). The Bertz CT molecular complexity index is 228. The summed E-state index contributed by atoms with van der Waals surface area (Å²) in [6.07, 6.45) is 5.60. The molecule has 4 nitrogen and oxygen atoms in total. The second-order valence-corrected chi connectivity index (χ2v) is 4.40. The summed E-state index contributed by atoms with van der Waals surface area (Å²) in [5, 5.41) is 9.82. The molecule has 14 heavy (non-hydrogen) atoms. The van der Waals surface area contributed by atoms with E-state index in [1.165, 1.54) is 0 Å². The summed E-state index contributed by atoms with van der Waals surface area (Å²) >= 11 is 0. The second-order valence-electron chi connectivity index (χ2n) is 4.40. The Morgan fingerprint density at radius 3 is 2.36 bits per heavy atom.